The predicted molar refractivity (Wildman–Crippen MR) is 123 cm³/mol. The third-order valence-electron chi connectivity index (χ3n) is 5.91. The van der Waals surface area contributed by atoms with Gasteiger partial charge in [0.05, 0.1) is 0 Å². The van der Waals surface area contributed by atoms with Crippen LogP contribution >= 0.6 is 0 Å². The van der Waals surface area contributed by atoms with Crippen molar-refractivity contribution in [3.63, 3.8) is 0 Å². The van der Waals surface area contributed by atoms with Crippen LogP contribution < -0.4 is 9.96 Å². The zero-order valence-corrected chi connectivity index (χ0v) is 20.4. The topological polar surface area (TPSA) is 24.1 Å². The van der Waals surface area contributed by atoms with Gasteiger partial charge in [-0.05, 0) is 62.7 Å². The smallest absolute Gasteiger partial charge is 0.147 e. The van der Waals surface area contributed by atoms with Gasteiger partial charge in [-0.1, -0.05) is 64.2 Å². The average Bonchev–Trinajstić information content (AvgIpc) is 2.77. The molecule has 4 heteroatoms. The number of anilines is 1. The van der Waals surface area contributed by atoms with Crippen LogP contribution in [0.4, 0.5) is 5.69 Å². The monoisotopic (exact) mass is 390 g/mol. The van der Waals surface area contributed by atoms with Gasteiger partial charge in [0.2, 0.25) is 0 Å². The van der Waals surface area contributed by atoms with Gasteiger partial charge >= 0.3 is 0 Å². The maximum absolute atomic E-state index is 3.97. The molecular formula is C22H42N2Si2. The minimum absolute atomic E-state index is 0.242. The van der Waals surface area contributed by atoms with E-state index in [-0.39, 0.29) is 5.54 Å². The molecule has 2 nitrogen and oxygen atoms in total. The summed E-state index contributed by atoms with van der Waals surface area (Å²) in [4.78, 5) is 7.87. The van der Waals surface area contributed by atoms with Gasteiger partial charge in [0, 0.05) is 11.2 Å². The van der Waals surface area contributed by atoms with Crippen LogP contribution in [0.25, 0.3) is 0 Å². The highest BCUT2D eigenvalue weighted by Gasteiger charge is 2.40. The third kappa shape index (κ3) is 6.86. The molecule has 1 fully saturated rings. The van der Waals surface area contributed by atoms with E-state index < -0.39 is 16.5 Å². The van der Waals surface area contributed by atoms with E-state index in [2.05, 4.69) is 94.2 Å². The summed E-state index contributed by atoms with van der Waals surface area (Å²) in [5, 5.41) is 0. The minimum atomic E-state index is -1.43. The molecule has 0 aliphatic heterocycles. The average molecular weight is 391 g/mol. The normalized spacial score (nSPS) is 24.7. The number of nitrogens with one attached hydrogen (secondary N) is 2. The first-order valence-corrected chi connectivity index (χ1v) is 16.9. The van der Waals surface area contributed by atoms with Crippen molar-refractivity contribution in [3.05, 3.63) is 30.3 Å². The van der Waals surface area contributed by atoms with E-state index in [1.165, 1.54) is 30.6 Å². The highest BCUT2D eigenvalue weighted by molar-refractivity contribution is 6.80. The number of hydrogen-bond acceptors (Lipinski definition) is 2. The van der Waals surface area contributed by atoms with Crippen molar-refractivity contribution in [2.75, 3.05) is 4.98 Å². The van der Waals surface area contributed by atoms with Gasteiger partial charge in [0.25, 0.3) is 0 Å². The Morgan fingerprint density at radius 1 is 0.885 bits per heavy atom. The van der Waals surface area contributed by atoms with E-state index in [9.17, 15) is 0 Å². The molecule has 0 bridgehead atoms. The van der Waals surface area contributed by atoms with E-state index >= 15 is 0 Å². The van der Waals surface area contributed by atoms with Gasteiger partial charge in [0.1, 0.15) is 16.5 Å². The molecule has 3 unspecified atom stereocenters. The van der Waals surface area contributed by atoms with E-state index in [1.54, 1.807) is 0 Å². The Morgan fingerprint density at radius 2 is 1.38 bits per heavy atom. The molecule has 1 aromatic carbocycles. The predicted octanol–water partition coefficient (Wildman–Crippen LogP) is 6.56. The third-order valence-corrected chi connectivity index (χ3v) is 11.4. The molecule has 2 N–H and O–H groups in total. The van der Waals surface area contributed by atoms with Crippen LogP contribution in [0.3, 0.4) is 0 Å². The highest BCUT2D eigenvalue weighted by Crippen LogP contribution is 2.44. The minimum Gasteiger partial charge on any atom is -0.411 e. The number of benzene rings is 1. The van der Waals surface area contributed by atoms with Crippen LogP contribution in [-0.4, -0.2) is 22.0 Å². The summed E-state index contributed by atoms with van der Waals surface area (Å²) in [5.41, 5.74) is 1.54. The number of hydrogen-bond donors (Lipinski definition) is 2. The highest BCUT2D eigenvalue weighted by atomic mass is 28.3. The molecule has 1 aromatic rings. The fraction of sp³-hybridized carbons (Fsp3) is 0.727. The molecule has 0 spiro atoms. The first-order chi connectivity index (χ1) is 11.9. The maximum Gasteiger partial charge on any atom is 0.147 e. The molecule has 0 aromatic heterocycles. The van der Waals surface area contributed by atoms with E-state index in [4.69, 9.17) is 0 Å². The number of rotatable bonds is 7. The first-order valence-electron chi connectivity index (χ1n) is 10.5. The van der Waals surface area contributed by atoms with Crippen LogP contribution in [0.15, 0.2) is 30.3 Å². The van der Waals surface area contributed by atoms with Gasteiger partial charge in [-0.2, -0.15) is 0 Å². The second-order valence-corrected chi connectivity index (χ2v) is 19.9. The van der Waals surface area contributed by atoms with Crippen molar-refractivity contribution in [1.29, 1.82) is 0 Å². The molecule has 26 heavy (non-hydrogen) atoms. The van der Waals surface area contributed by atoms with Crippen molar-refractivity contribution in [3.8, 4) is 0 Å². The van der Waals surface area contributed by atoms with Gasteiger partial charge in [-0.15, -0.1) is 0 Å². The lowest BCUT2D eigenvalue weighted by Gasteiger charge is -2.36. The van der Waals surface area contributed by atoms with Gasteiger partial charge in [-0.3, -0.25) is 0 Å². The molecule has 0 amide bonds. The van der Waals surface area contributed by atoms with Crippen LogP contribution in [0.2, 0.25) is 38.3 Å². The molecule has 148 valence electrons. The van der Waals surface area contributed by atoms with Gasteiger partial charge in [-0.25, -0.2) is 0 Å². The molecule has 1 aliphatic carbocycles. The maximum atomic E-state index is 3.97. The van der Waals surface area contributed by atoms with E-state index in [0.29, 0.717) is 0 Å². The zero-order valence-electron chi connectivity index (χ0n) is 18.4. The molecule has 0 heterocycles. The van der Waals surface area contributed by atoms with Crippen molar-refractivity contribution < 1.29 is 0 Å². The summed E-state index contributed by atoms with van der Waals surface area (Å²) in [6.45, 7) is 19.5. The van der Waals surface area contributed by atoms with E-state index in [1.807, 2.05) is 0 Å². The lowest BCUT2D eigenvalue weighted by atomic mass is 9.94. The number of para-hydroxylation sites is 1. The largest absolute Gasteiger partial charge is 0.411 e. The lowest BCUT2D eigenvalue weighted by molar-refractivity contribution is 0.371. The van der Waals surface area contributed by atoms with Crippen molar-refractivity contribution in [2.45, 2.75) is 84.4 Å². The first kappa shape index (κ1) is 21.7. The molecule has 0 radical (unpaired) electrons. The Morgan fingerprint density at radius 3 is 1.88 bits per heavy atom. The Balaban J connectivity index is 1.92. The van der Waals surface area contributed by atoms with Gasteiger partial charge in [0.15, 0.2) is 0 Å². The zero-order chi connectivity index (χ0) is 19.6. The molecule has 0 saturated heterocycles. The van der Waals surface area contributed by atoms with Crippen molar-refractivity contribution >= 4 is 22.2 Å². The fourth-order valence-corrected chi connectivity index (χ4v) is 12.2. The van der Waals surface area contributed by atoms with Crippen LogP contribution in [0.5, 0.6) is 0 Å². The van der Waals surface area contributed by atoms with Gasteiger partial charge < -0.3 is 9.96 Å². The van der Waals surface area contributed by atoms with Crippen LogP contribution in [0, 0.1) is 17.8 Å². The SMILES string of the molecule is CC1C(C[Si](C)(C)Nc2ccccc2)CCC1C[Si](C)(C)NC(C)(C)C. The Hall–Kier alpha value is -0.586. The summed E-state index contributed by atoms with van der Waals surface area (Å²) in [6.07, 6.45) is 2.86. The second kappa shape index (κ2) is 8.19. The standard InChI is InChI=1S/C22H42N2Si2/c1-18-19(16-25(5,6)23-21-12-10-9-11-13-21)14-15-20(18)17-26(7,8)24-22(2,3)4/h9-13,18-20,23-24H,14-17H2,1-8H3. The summed E-state index contributed by atoms with van der Waals surface area (Å²) in [5.74, 6) is 2.68. The summed E-state index contributed by atoms with van der Waals surface area (Å²) >= 11 is 0. The second-order valence-electron chi connectivity index (χ2n) is 11.0. The fourth-order valence-electron chi connectivity index (χ4n) is 5.26. The molecule has 2 rings (SSSR count). The molecule has 1 aliphatic rings. The Kier molecular flexibility index (Phi) is 6.84. The Labute approximate surface area is 164 Å². The van der Waals surface area contributed by atoms with Crippen LogP contribution in [-0.2, 0) is 0 Å². The molecule has 1 saturated carbocycles. The van der Waals surface area contributed by atoms with Crippen LogP contribution in [0.1, 0.15) is 40.5 Å². The molecule has 3 atom stereocenters. The Bertz CT molecular complexity index is 563. The van der Waals surface area contributed by atoms with E-state index in [0.717, 1.165) is 17.8 Å². The van der Waals surface area contributed by atoms with Crippen molar-refractivity contribution in [1.82, 2.24) is 4.98 Å². The molecular weight excluding hydrogens is 348 g/mol. The summed E-state index contributed by atoms with van der Waals surface area (Å²) < 4.78 is 0. The lowest BCUT2D eigenvalue weighted by Crippen LogP contribution is -2.55. The quantitative estimate of drug-likeness (QED) is 0.515. The van der Waals surface area contributed by atoms with Crippen molar-refractivity contribution in [2.24, 2.45) is 17.8 Å². The summed E-state index contributed by atoms with van der Waals surface area (Å²) in [7, 11) is -2.78. The summed E-state index contributed by atoms with van der Waals surface area (Å²) in [6, 6.07) is 13.6.